The lowest BCUT2D eigenvalue weighted by atomic mass is 9.95. The monoisotopic (exact) mass is 432 g/mol. The molecule has 1 saturated heterocycles. The summed E-state index contributed by atoms with van der Waals surface area (Å²) in [5.74, 6) is -0.167. The molecule has 1 heterocycles. The van der Waals surface area contributed by atoms with E-state index in [1.807, 2.05) is 0 Å². The van der Waals surface area contributed by atoms with Gasteiger partial charge in [-0.25, -0.2) is 4.39 Å². The molecule has 1 N–H and O–H groups in total. The number of nitrogens with one attached hydrogen (secondary N) is 1. The smallest absolute Gasteiger partial charge is 0.263 e. The van der Waals surface area contributed by atoms with Gasteiger partial charge in [0.25, 0.3) is 11.8 Å². The molecule has 0 unspecified atom stereocenters. The van der Waals surface area contributed by atoms with E-state index < -0.39 is 11.4 Å². The molecule has 2 aromatic rings. The molecule has 160 valence electrons. The molecule has 0 aliphatic carbocycles. The summed E-state index contributed by atoms with van der Waals surface area (Å²) in [6.07, 6.45) is 1.50. The van der Waals surface area contributed by atoms with E-state index >= 15 is 0 Å². The van der Waals surface area contributed by atoms with Crippen molar-refractivity contribution >= 4 is 23.4 Å². The Balaban J connectivity index is 1.47. The largest absolute Gasteiger partial charge is 0.478 e. The Kier molecular flexibility index (Phi) is 6.98. The van der Waals surface area contributed by atoms with Gasteiger partial charge in [0.15, 0.2) is 5.60 Å². The van der Waals surface area contributed by atoms with Crippen LogP contribution in [0.15, 0.2) is 48.5 Å². The number of carbonyl (C=O) groups is 2. The van der Waals surface area contributed by atoms with E-state index in [-0.39, 0.29) is 23.3 Å². The summed E-state index contributed by atoms with van der Waals surface area (Å²) in [5, 5.41) is 3.56. The van der Waals surface area contributed by atoms with Crippen molar-refractivity contribution in [3.63, 3.8) is 0 Å². The molecule has 3 rings (SSSR count). The lowest BCUT2D eigenvalue weighted by Crippen LogP contribution is -2.49. The third-order valence-electron chi connectivity index (χ3n) is 5.29. The molecule has 7 heteroatoms. The van der Waals surface area contributed by atoms with E-state index in [0.717, 1.165) is 12.8 Å². The number of likely N-dealkylation sites (tertiary alicyclic amines) is 1. The molecule has 0 atom stereocenters. The van der Waals surface area contributed by atoms with Crippen molar-refractivity contribution in [1.29, 1.82) is 0 Å². The van der Waals surface area contributed by atoms with Crippen LogP contribution in [0.1, 0.15) is 37.0 Å². The first-order chi connectivity index (χ1) is 14.3. The van der Waals surface area contributed by atoms with Crippen LogP contribution in [0.5, 0.6) is 5.75 Å². The summed E-state index contributed by atoms with van der Waals surface area (Å²) in [6, 6.07) is 12.9. The van der Waals surface area contributed by atoms with Gasteiger partial charge in [-0.1, -0.05) is 23.7 Å². The van der Waals surface area contributed by atoms with Crippen LogP contribution in [-0.4, -0.2) is 41.9 Å². The summed E-state index contributed by atoms with van der Waals surface area (Å²) in [5.41, 5.74) is -0.930. The van der Waals surface area contributed by atoms with Crippen LogP contribution in [0.4, 0.5) is 4.39 Å². The topological polar surface area (TPSA) is 58.6 Å². The van der Waals surface area contributed by atoms with Crippen LogP contribution in [-0.2, 0) is 4.79 Å². The standard InChI is InChI=1S/C23H26ClFN2O3/c1-23(2,30-18-9-7-17(24)8-10-18)22(29)26-15-16-11-13-27(14-12-16)21(28)19-5-3-4-6-20(19)25/h3-10,16H,11-15H2,1-2H3,(H,26,29). The van der Waals surface area contributed by atoms with E-state index in [4.69, 9.17) is 16.3 Å². The first-order valence-electron chi connectivity index (χ1n) is 10.0. The number of benzene rings is 2. The maximum atomic E-state index is 13.9. The Morgan fingerprint density at radius 2 is 1.77 bits per heavy atom. The van der Waals surface area contributed by atoms with Gasteiger partial charge in [0.05, 0.1) is 5.56 Å². The van der Waals surface area contributed by atoms with Crippen LogP contribution in [0, 0.1) is 11.7 Å². The fraction of sp³-hybridized carbons (Fsp3) is 0.391. The molecule has 1 aliphatic heterocycles. The van der Waals surface area contributed by atoms with Crippen molar-refractivity contribution in [2.75, 3.05) is 19.6 Å². The molecule has 2 amide bonds. The minimum atomic E-state index is -1.03. The maximum Gasteiger partial charge on any atom is 0.263 e. The first kappa shape index (κ1) is 22.1. The summed E-state index contributed by atoms with van der Waals surface area (Å²) in [7, 11) is 0. The molecule has 5 nitrogen and oxygen atoms in total. The minimum Gasteiger partial charge on any atom is -0.478 e. The minimum absolute atomic E-state index is 0.102. The van der Waals surface area contributed by atoms with Crippen molar-refractivity contribution in [2.24, 2.45) is 5.92 Å². The highest BCUT2D eigenvalue weighted by Gasteiger charge is 2.31. The fourth-order valence-corrected chi connectivity index (χ4v) is 3.56. The third-order valence-corrected chi connectivity index (χ3v) is 5.54. The second-order valence-electron chi connectivity index (χ2n) is 7.99. The molecular weight excluding hydrogens is 407 g/mol. The van der Waals surface area contributed by atoms with Crippen LogP contribution in [0.2, 0.25) is 5.02 Å². The molecule has 1 fully saturated rings. The maximum absolute atomic E-state index is 13.9. The summed E-state index contributed by atoms with van der Waals surface area (Å²) in [6.45, 7) is 5.02. The van der Waals surface area contributed by atoms with Gasteiger partial charge < -0.3 is 15.0 Å². The van der Waals surface area contributed by atoms with Gasteiger partial charge in [-0.05, 0) is 69.0 Å². The van der Waals surface area contributed by atoms with Crippen LogP contribution < -0.4 is 10.1 Å². The van der Waals surface area contributed by atoms with Crippen LogP contribution in [0.3, 0.4) is 0 Å². The molecular formula is C23H26ClFN2O3. The lowest BCUT2D eigenvalue weighted by molar-refractivity contribution is -0.134. The average molecular weight is 433 g/mol. The van der Waals surface area contributed by atoms with Crippen molar-refractivity contribution < 1.29 is 18.7 Å². The number of hydrogen-bond donors (Lipinski definition) is 1. The number of ether oxygens (including phenoxy) is 1. The summed E-state index contributed by atoms with van der Waals surface area (Å²) >= 11 is 5.88. The lowest BCUT2D eigenvalue weighted by Gasteiger charge is -2.33. The second kappa shape index (κ2) is 9.47. The summed E-state index contributed by atoms with van der Waals surface area (Å²) < 4.78 is 19.7. The molecule has 0 bridgehead atoms. The Morgan fingerprint density at radius 3 is 2.40 bits per heavy atom. The van der Waals surface area contributed by atoms with Crippen molar-refractivity contribution in [2.45, 2.75) is 32.3 Å². The Morgan fingerprint density at radius 1 is 1.13 bits per heavy atom. The SMILES string of the molecule is CC(C)(Oc1ccc(Cl)cc1)C(=O)NCC1CCN(C(=O)c2ccccc2F)CC1. The molecule has 2 aromatic carbocycles. The average Bonchev–Trinajstić information content (AvgIpc) is 2.73. The quantitative estimate of drug-likeness (QED) is 0.740. The second-order valence-corrected chi connectivity index (χ2v) is 8.43. The number of rotatable bonds is 6. The van der Waals surface area contributed by atoms with Gasteiger partial charge >= 0.3 is 0 Å². The Labute approximate surface area is 181 Å². The van der Waals surface area contributed by atoms with Gasteiger partial charge in [-0.15, -0.1) is 0 Å². The molecule has 1 aliphatic rings. The highest BCUT2D eigenvalue weighted by molar-refractivity contribution is 6.30. The van der Waals surface area contributed by atoms with Crippen LogP contribution in [0.25, 0.3) is 0 Å². The molecule has 30 heavy (non-hydrogen) atoms. The number of amides is 2. The number of nitrogens with zero attached hydrogens (tertiary/aromatic N) is 1. The Bertz CT molecular complexity index is 894. The van der Waals surface area contributed by atoms with Crippen molar-refractivity contribution in [3.05, 3.63) is 64.9 Å². The van der Waals surface area contributed by atoms with Crippen molar-refractivity contribution in [3.8, 4) is 5.75 Å². The van der Waals surface area contributed by atoms with E-state index in [1.54, 1.807) is 55.1 Å². The van der Waals surface area contributed by atoms with Gasteiger partial charge in [-0.2, -0.15) is 0 Å². The van der Waals surface area contributed by atoms with E-state index in [2.05, 4.69) is 5.32 Å². The number of piperidine rings is 1. The van der Waals surface area contributed by atoms with Gasteiger partial charge in [0.2, 0.25) is 0 Å². The number of halogens is 2. The zero-order valence-corrected chi connectivity index (χ0v) is 17.9. The molecule has 0 saturated carbocycles. The zero-order chi connectivity index (χ0) is 21.7. The van der Waals surface area contributed by atoms with E-state index in [1.165, 1.54) is 12.1 Å². The predicted molar refractivity (Wildman–Crippen MR) is 114 cm³/mol. The molecule has 0 spiro atoms. The van der Waals surface area contributed by atoms with Gasteiger partial charge in [0, 0.05) is 24.7 Å². The third kappa shape index (κ3) is 5.51. The normalized spacial score (nSPS) is 15.0. The first-order valence-corrected chi connectivity index (χ1v) is 10.4. The zero-order valence-electron chi connectivity index (χ0n) is 17.2. The van der Waals surface area contributed by atoms with E-state index in [9.17, 15) is 14.0 Å². The predicted octanol–water partition coefficient (Wildman–Crippen LogP) is 4.31. The highest BCUT2D eigenvalue weighted by Crippen LogP contribution is 2.22. The van der Waals surface area contributed by atoms with Gasteiger partial charge in [0.1, 0.15) is 11.6 Å². The molecule has 0 aromatic heterocycles. The number of hydrogen-bond acceptors (Lipinski definition) is 3. The summed E-state index contributed by atoms with van der Waals surface area (Å²) in [4.78, 5) is 26.8. The fourth-order valence-electron chi connectivity index (χ4n) is 3.44. The highest BCUT2D eigenvalue weighted by atomic mass is 35.5. The Hall–Kier alpha value is -2.60. The van der Waals surface area contributed by atoms with E-state index in [0.29, 0.717) is 30.4 Å². The molecule has 0 radical (unpaired) electrons. The van der Waals surface area contributed by atoms with Crippen molar-refractivity contribution in [1.82, 2.24) is 10.2 Å². The number of carbonyl (C=O) groups excluding carboxylic acids is 2. The van der Waals surface area contributed by atoms with Crippen LogP contribution >= 0.6 is 11.6 Å². The van der Waals surface area contributed by atoms with Gasteiger partial charge in [-0.3, -0.25) is 9.59 Å².